The van der Waals surface area contributed by atoms with Crippen LogP contribution in [-0.4, -0.2) is 48.1 Å². The van der Waals surface area contributed by atoms with Crippen molar-refractivity contribution in [3.63, 3.8) is 0 Å². The summed E-state index contributed by atoms with van der Waals surface area (Å²) in [6.07, 6.45) is 3.57. The van der Waals surface area contributed by atoms with Crippen LogP contribution in [0.15, 0.2) is 0 Å². The quantitative estimate of drug-likeness (QED) is 0.772. The second-order valence-corrected chi connectivity index (χ2v) is 5.24. The highest BCUT2D eigenvalue weighted by Gasteiger charge is 2.42. The number of carbonyl (C=O) groups is 2. The third-order valence-corrected chi connectivity index (χ3v) is 3.91. The predicted octanol–water partition coefficient (Wildman–Crippen LogP) is 1.09. The van der Waals surface area contributed by atoms with Gasteiger partial charge in [0, 0.05) is 13.6 Å². The summed E-state index contributed by atoms with van der Waals surface area (Å²) >= 11 is 0. The van der Waals surface area contributed by atoms with E-state index in [9.17, 15) is 9.59 Å². The zero-order valence-corrected chi connectivity index (χ0v) is 11.5. The second kappa shape index (κ2) is 6.18. The molecule has 1 rings (SSSR count). The van der Waals surface area contributed by atoms with Crippen LogP contribution in [-0.2, 0) is 9.59 Å². The molecular formula is C13H24N2O3. The maximum atomic E-state index is 12.6. The molecule has 1 fully saturated rings. The largest absolute Gasteiger partial charge is 0.480 e. The van der Waals surface area contributed by atoms with Gasteiger partial charge in [-0.1, -0.05) is 13.3 Å². The molecule has 2 atom stereocenters. The Labute approximate surface area is 109 Å². The third kappa shape index (κ3) is 3.02. The highest BCUT2D eigenvalue weighted by atomic mass is 16.4. The summed E-state index contributed by atoms with van der Waals surface area (Å²) in [5.41, 5.74) is -0.411. The smallest absolute Gasteiger partial charge is 0.326 e. The van der Waals surface area contributed by atoms with E-state index in [1.807, 2.05) is 0 Å². The van der Waals surface area contributed by atoms with Gasteiger partial charge in [0.2, 0.25) is 5.91 Å². The average molecular weight is 256 g/mol. The van der Waals surface area contributed by atoms with Gasteiger partial charge in [0.15, 0.2) is 0 Å². The summed E-state index contributed by atoms with van der Waals surface area (Å²) in [5.74, 6) is -0.993. The van der Waals surface area contributed by atoms with E-state index in [-0.39, 0.29) is 5.91 Å². The Hall–Kier alpha value is -1.10. The number of carboxylic acid groups (broad SMARTS) is 1. The number of likely N-dealkylation sites (N-methyl/N-ethyl adjacent to an activating group) is 1. The van der Waals surface area contributed by atoms with Gasteiger partial charge >= 0.3 is 5.97 Å². The maximum Gasteiger partial charge on any atom is 0.326 e. The van der Waals surface area contributed by atoms with Gasteiger partial charge in [0.05, 0.1) is 5.41 Å². The monoisotopic (exact) mass is 256 g/mol. The molecule has 0 aromatic carbocycles. The molecule has 0 radical (unpaired) electrons. The number of nitrogens with zero attached hydrogens (tertiary/aromatic N) is 1. The van der Waals surface area contributed by atoms with Crippen LogP contribution in [0.5, 0.6) is 0 Å². The van der Waals surface area contributed by atoms with Crippen LogP contribution in [0.1, 0.15) is 39.5 Å². The van der Waals surface area contributed by atoms with Gasteiger partial charge in [0.25, 0.3) is 0 Å². The SMILES string of the molecule is CCCC1(C(=O)N(C)C(C)C(=O)O)CCCNC1. The number of rotatable bonds is 5. The highest BCUT2D eigenvalue weighted by Crippen LogP contribution is 2.34. The van der Waals surface area contributed by atoms with Crippen LogP contribution in [0.4, 0.5) is 0 Å². The molecule has 5 heteroatoms. The first-order valence-corrected chi connectivity index (χ1v) is 6.65. The lowest BCUT2D eigenvalue weighted by atomic mass is 9.75. The Kier molecular flexibility index (Phi) is 5.14. The summed E-state index contributed by atoms with van der Waals surface area (Å²) in [5, 5.41) is 12.3. The van der Waals surface area contributed by atoms with E-state index in [1.165, 1.54) is 4.90 Å². The van der Waals surface area contributed by atoms with Gasteiger partial charge in [-0.2, -0.15) is 0 Å². The predicted molar refractivity (Wildman–Crippen MR) is 69.3 cm³/mol. The fourth-order valence-electron chi connectivity index (χ4n) is 2.66. The van der Waals surface area contributed by atoms with E-state index in [2.05, 4.69) is 12.2 Å². The van der Waals surface area contributed by atoms with Gasteiger partial charge in [-0.25, -0.2) is 4.79 Å². The first-order chi connectivity index (χ1) is 8.44. The maximum absolute atomic E-state index is 12.6. The molecule has 104 valence electrons. The first-order valence-electron chi connectivity index (χ1n) is 6.65. The van der Waals surface area contributed by atoms with Crippen molar-refractivity contribution in [3.8, 4) is 0 Å². The van der Waals surface area contributed by atoms with Crippen molar-refractivity contribution >= 4 is 11.9 Å². The van der Waals surface area contributed by atoms with Crippen LogP contribution in [0.3, 0.4) is 0 Å². The number of aliphatic carboxylic acids is 1. The van der Waals surface area contributed by atoms with Crippen LogP contribution in [0.2, 0.25) is 0 Å². The van der Waals surface area contributed by atoms with Crippen molar-refractivity contribution in [2.45, 2.75) is 45.6 Å². The fraction of sp³-hybridized carbons (Fsp3) is 0.846. The molecule has 0 spiro atoms. The number of amides is 1. The lowest BCUT2D eigenvalue weighted by Crippen LogP contribution is -2.54. The van der Waals surface area contributed by atoms with Crippen molar-refractivity contribution in [3.05, 3.63) is 0 Å². The van der Waals surface area contributed by atoms with Crippen LogP contribution in [0, 0.1) is 5.41 Å². The van der Waals surface area contributed by atoms with E-state index < -0.39 is 17.4 Å². The van der Waals surface area contributed by atoms with E-state index in [1.54, 1.807) is 14.0 Å². The normalized spacial score (nSPS) is 25.5. The Morgan fingerprint density at radius 1 is 1.50 bits per heavy atom. The number of piperidine rings is 1. The summed E-state index contributed by atoms with van der Waals surface area (Å²) in [7, 11) is 1.59. The Balaban J connectivity index is 2.85. The van der Waals surface area contributed by atoms with Crippen LogP contribution < -0.4 is 5.32 Å². The fourth-order valence-corrected chi connectivity index (χ4v) is 2.66. The Morgan fingerprint density at radius 2 is 2.17 bits per heavy atom. The van der Waals surface area contributed by atoms with Gasteiger partial charge in [-0.05, 0) is 32.7 Å². The van der Waals surface area contributed by atoms with Crippen molar-refractivity contribution in [2.24, 2.45) is 5.41 Å². The standard InChI is InChI=1S/C13H24N2O3/c1-4-6-13(7-5-8-14-9-13)12(18)15(3)10(2)11(16)17/h10,14H,4-9H2,1-3H3,(H,16,17). The molecule has 1 aliphatic heterocycles. The molecule has 5 nitrogen and oxygen atoms in total. The van der Waals surface area contributed by atoms with Gasteiger partial charge in [-0.15, -0.1) is 0 Å². The topological polar surface area (TPSA) is 69.6 Å². The number of hydrogen-bond acceptors (Lipinski definition) is 3. The summed E-state index contributed by atoms with van der Waals surface area (Å²) in [4.78, 5) is 24.9. The molecular weight excluding hydrogens is 232 g/mol. The lowest BCUT2D eigenvalue weighted by Gasteiger charge is -2.40. The Morgan fingerprint density at radius 3 is 2.61 bits per heavy atom. The second-order valence-electron chi connectivity index (χ2n) is 5.24. The summed E-state index contributed by atoms with van der Waals surface area (Å²) in [6.45, 7) is 5.22. The summed E-state index contributed by atoms with van der Waals surface area (Å²) < 4.78 is 0. The highest BCUT2D eigenvalue weighted by molar-refractivity contribution is 5.87. The van der Waals surface area contributed by atoms with Crippen molar-refractivity contribution in [1.82, 2.24) is 10.2 Å². The van der Waals surface area contributed by atoms with Gasteiger partial charge in [-0.3, -0.25) is 4.79 Å². The number of hydrogen-bond donors (Lipinski definition) is 2. The van der Waals surface area contributed by atoms with E-state index in [0.29, 0.717) is 6.54 Å². The minimum atomic E-state index is -0.957. The van der Waals surface area contributed by atoms with E-state index in [0.717, 1.165) is 32.2 Å². The first kappa shape index (κ1) is 15.0. The van der Waals surface area contributed by atoms with Crippen molar-refractivity contribution < 1.29 is 14.7 Å². The molecule has 1 amide bonds. The third-order valence-electron chi connectivity index (χ3n) is 3.91. The lowest BCUT2D eigenvalue weighted by molar-refractivity contribution is -0.154. The molecule has 1 saturated heterocycles. The zero-order chi connectivity index (χ0) is 13.8. The van der Waals surface area contributed by atoms with Gasteiger partial charge in [0.1, 0.15) is 6.04 Å². The molecule has 18 heavy (non-hydrogen) atoms. The van der Waals surface area contributed by atoms with E-state index in [4.69, 9.17) is 5.11 Å². The minimum Gasteiger partial charge on any atom is -0.480 e. The molecule has 0 bridgehead atoms. The van der Waals surface area contributed by atoms with Gasteiger partial charge < -0.3 is 15.3 Å². The molecule has 0 aromatic heterocycles. The van der Waals surface area contributed by atoms with Crippen LogP contribution >= 0.6 is 0 Å². The van der Waals surface area contributed by atoms with Crippen molar-refractivity contribution in [1.29, 1.82) is 0 Å². The molecule has 2 unspecified atom stereocenters. The number of carboxylic acids is 1. The van der Waals surface area contributed by atoms with Crippen LogP contribution in [0.25, 0.3) is 0 Å². The molecule has 0 aliphatic carbocycles. The summed E-state index contributed by atoms with van der Waals surface area (Å²) in [6, 6.07) is -0.770. The zero-order valence-electron chi connectivity index (χ0n) is 11.5. The Bertz CT molecular complexity index is 306. The number of nitrogens with one attached hydrogen (secondary N) is 1. The molecule has 0 saturated carbocycles. The molecule has 1 heterocycles. The average Bonchev–Trinajstić information content (AvgIpc) is 2.37. The minimum absolute atomic E-state index is 0.0357. The molecule has 1 aliphatic rings. The number of carbonyl (C=O) groups excluding carboxylic acids is 1. The molecule has 2 N–H and O–H groups in total. The van der Waals surface area contributed by atoms with Crippen molar-refractivity contribution in [2.75, 3.05) is 20.1 Å². The van der Waals surface area contributed by atoms with E-state index >= 15 is 0 Å². The molecule has 0 aromatic rings.